The molecule has 1 atom stereocenters. The fraction of sp³-hybridized carbons (Fsp3) is 0.200. The Morgan fingerprint density at radius 2 is 1.86 bits per heavy atom. The Morgan fingerprint density at radius 3 is 2.45 bits per heavy atom. The summed E-state index contributed by atoms with van der Waals surface area (Å²) in [6.07, 6.45) is 3.38. The summed E-state index contributed by atoms with van der Waals surface area (Å²) in [4.78, 5) is 17.2. The van der Waals surface area contributed by atoms with E-state index in [1.165, 1.54) is 31.4 Å². The number of thioether (sulfide) groups is 1. The Morgan fingerprint density at radius 1 is 1.17 bits per heavy atom. The summed E-state index contributed by atoms with van der Waals surface area (Å²) in [5, 5.41) is 2.90. The first-order chi connectivity index (χ1) is 13.8. The smallest absolute Gasteiger partial charge is 0.446 e. The van der Waals surface area contributed by atoms with Crippen LogP contribution in [0.5, 0.6) is 5.75 Å². The van der Waals surface area contributed by atoms with E-state index in [1.54, 1.807) is 30.1 Å². The SMILES string of the molecule is COc1ccccc1C(NC(=O)c1ccc(SC(F)(F)F)cc1)c1nccn1C. The normalized spacial score (nSPS) is 12.4. The Bertz CT molecular complexity index is 987. The number of para-hydroxylation sites is 1. The largest absolute Gasteiger partial charge is 0.496 e. The maximum atomic E-state index is 12.8. The van der Waals surface area contributed by atoms with Gasteiger partial charge in [0.1, 0.15) is 17.6 Å². The van der Waals surface area contributed by atoms with E-state index in [1.807, 2.05) is 18.2 Å². The van der Waals surface area contributed by atoms with Crippen molar-refractivity contribution in [1.29, 1.82) is 0 Å². The van der Waals surface area contributed by atoms with Gasteiger partial charge < -0.3 is 14.6 Å². The second kappa shape index (κ2) is 8.60. The predicted octanol–water partition coefficient (Wildman–Crippen LogP) is 4.56. The van der Waals surface area contributed by atoms with Gasteiger partial charge in [0.2, 0.25) is 0 Å². The molecule has 9 heteroatoms. The number of aromatic nitrogens is 2. The molecule has 0 radical (unpaired) electrons. The van der Waals surface area contributed by atoms with Crippen molar-refractivity contribution in [2.45, 2.75) is 16.4 Å². The highest BCUT2D eigenvalue weighted by Crippen LogP contribution is 2.36. The van der Waals surface area contributed by atoms with Crippen molar-refractivity contribution < 1.29 is 22.7 Å². The number of hydrogen-bond donors (Lipinski definition) is 1. The number of carbonyl (C=O) groups is 1. The zero-order valence-corrected chi connectivity index (χ0v) is 16.4. The number of nitrogens with zero attached hydrogens (tertiary/aromatic N) is 2. The number of carbonyl (C=O) groups excluding carboxylic acids is 1. The average molecular weight is 421 g/mol. The number of hydrogen-bond acceptors (Lipinski definition) is 4. The second-order valence-electron chi connectivity index (χ2n) is 6.12. The summed E-state index contributed by atoms with van der Waals surface area (Å²) in [5.41, 5.74) is -3.43. The first-order valence-electron chi connectivity index (χ1n) is 8.55. The third-order valence-corrected chi connectivity index (χ3v) is 4.93. The standard InChI is InChI=1S/C20H18F3N3O2S/c1-26-12-11-24-18(26)17(15-5-3-4-6-16(15)28-2)25-19(27)13-7-9-14(10-8-13)29-20(21,22)23/h3-12,17H,1-2H3,(H,25,27). The minimum absolute atomic E-state index is 0.0134. The molecule has 2 aromatic carbocycles. The van der Waals surface area contributed by atoms with Crippen LogP contribution in [-0.2, 0) is 7.05 Å². The lowest BCUT2D eigenvalue weighted by Crippen LogP contribution is -2.31. The second-order valence-corrected chi connectivity index (χ2v) is 7.26. The first kappa shape index (κ1) is 20.8. The zero-order chi connectivity index (χ0) is 21.0. The minimum Gasteiger partial charge on any atom is -0.496 e. The van der Waals surface area contributed by atoms with Crippen LogP contribution < -0.4 is 10.1 Å². The number of alkyl halides is 3. The van der Waals surface area contributed by atoms with Crippen LogP contribution in [0.3, 0.4) is 0 Å². The van der Waals surface area contributed by atoms with Gasteiger partial charge >= 0.3 is 5.51 Å². The number of amides is 1. The van der Waals surface area contributed by atoms with Crippen molar-refractivity contribution in [1.82, 2.24) is 14.9 Å². The van der Waals surface area contributed by atoms with Crippen molar-refractivity contribution >= 4 is 17.7 Å². The monoisotopic (exact) mass is 421 g/mol. The number of methoxy groups -OCH3 is 1. The molecule has 1 amide bonds. The topological polar surface area (TPSA) is 56.1 Å². The van der Waals surface area contributed by atoms with Gasteiger partial charge in [0, 0.05) is 35.5 Å². The summed E-state index contributed by atoms with van der Waals surface area (Å²) in [5.74, 6) is 0.734. The van der Waals surface area contributed by atoms with E-state index in [2.05, 4.69) is 10.3 Å². The third-order valence-electron chi connectivity index (χ3n) is 4.19. The van der Waals surface area contributed by atoms with Gasteiger partial charge in [0.25, 0.3) is 5.91 Å². The van der Waals surface area contributed by atoms with Gasteiger partial charge in [-0.15, -0.1) is 0 Å². The lowest BCUT2D eigenvalue weighted by molar-refractivity contribution is -0.0328. The van der Waals surface area contributed by atoms with E-state index >= 15 is 0 Å². The molecule has 1 heterocycles. The summed E-state index contributed by atoms with van der Waals surface area (Å²) in [7, 11) is 3.34. The highest BCUT2D eigenvalue weighted by molar-refractivity contribution is 8.00. The number of halogens is 3. The zero-order valence-electron chi connectivity index (χ0n) is 15.6. The average Bonchev–Trinajstić information content (AvgIpc) is 3.11. The Hall–Kier alpha value is -2.94. The first-order valence-corrected chi connectivity index (χ1v) is 9.37. The number of ether oxygens (including phenoxy) is 1. The molecule has 0 aliphatic heterocycles. The molecule has 0 saturated carbocycles. The molecular formula is C20H18F3N3O2S. The van der Waals surface area contributed by atoms with E-state index in [4.69, 9.17) is 4.74 Å². The van der Waals surface area contributed by atoms with Gasteiger partial charge in [-0.25, -0.2) is 4.98 Å². The van der Waals surface area contributed by atoms with Crippen LogP contribution in [0.25, 0.3) is 0 Å². The maximum absolute atomic E-state index is 12.8. The van der Waals surface area contributed by atoms with Crippen molar-refractivity contribution in [2.75, 3.05) is 7.11 Å². The van der Waals surface area contributed by atoms with Crippen molar-refractivity contribution in [3.8, 4) is 5.75 Å². The summed E-state index contributed by atoms with van der Waals surface area (Å²) in [6, 6.07) is 11.9. The molecule has 0 aliphatic carbocycles. The molecule has 3 rings (SSSR count). The maximum Gasteiger partial charge on any atom is 0.446 e. The molecule has 5 nitrogen and oxygen atoms in total. The van der Waals surface area contributed by atoms with E-state index in [-0.39, 0.29) is 22.2 Å². The molecule has 1 aromatic heterocycles. The number of rotatable bonds is 6. The number of imidazole rings is 1. The highest BCUT2D eigenvalue weighted by Gasteiger charge is 2.29. The number of aryl methyl sites for hydroxylation is 1. The van der Waals surface area contributed by atoms with Crippen molar-refractivity contribution in [3.63, 3.8) is 0 Å². The molecule has 0 saturated heterocycles. The van der Waals surface area contributed by atoms with Crippen LogP contribution in [-0.4, -0.2) is 28.1 Å². The number of nitrogens with one attached hydrogen (secondary N) is 1. The minimum atomic E-state index is -4.38. The van der Waals surface area contributed by atoms with Crippen molar-refractivity contribution in [2.24, 2.45) is 7.05 Å². The predicted molar refractivity (Wildman–Crippen MR) is 104 cm³/mol. The molecular weight excluding hydrogens is 403 g/mol. The van der Waals surface area contributed by atoms with E-state index < -0.39 is 17.5 Å². The lowest BCUT2D eigenvalue weighted by atomic mass is 10.0. The van der Waals surface area contributed by atoms with Crippen LogP contribution in [0, 0.1) is 0 Å². The molecule has 0 aliphatic rings. The van der Waals surface area contributed by atoms with Crippen LogP contribution in [0.4, 0.5) is 13.2 Å². The summed E-state index contributed by atoms with van der Waals surface area (Å²) < 4.78 is 44.7. The van der Waals surface area contributed by atoms with Gasteiger partial charge in [-0.2, -0.15) is 13.2 Å². The van der Waals surface area contributed by atoms with Crippen molar-refractivity contribution in [3.05, 3.63) is 77.9 Å². The highest BCUT2D eigenvalue weighted by atomic mass is 32.2. The van der Waals surface area contributed by atoms with Crippen LogP contribution >= 0.6 is 11.8 Å². The lowest BCUT2D eigenvalue weighted by Gasteiger charge is -2.21. The molecule has 1 N–H and O–H groups in total. The van der Waals surface area contributed by atoms with Gasteiger partial charge in [-0.05, 0) is 42.1 Å². The number of benzene rings is 2. The molecule has 0 spiro atoms. The molecule has 0 bridgehead atoms. The van der Waals surface area contributed by atoms with E-state index in [0.29, 0.717) is 17.1 Å². The molecule has 1 unspecified atom stereocenters. The van der Waals surface area contributed by atoms with Crippen LogP contribution in [0.2, 0.25) is 0 Å². The molecule has 29 heavy (non-hydrogen) atoms. The Kier molecular flexibility index (Phi) is 6.17. The van der Waals surface area contributed by atoms with Crippen LogP contribution in [0.15, 0.2) is 65.8 Å². The van der Waals surface area contributed by atoms with Gasteiger partial charge in [0.05, 0.1) is 7.11 Å². The van der Waals surface area contributed by atoms with E-state index in [0.717, 1.165) is 0 Å². The Labute approximate surface area is 169 Å². The van der Waals surface area contributed by atoms with Gasteiger partial charge in [-0.3, -0.25) is 4.79 Å². The molecule has 3 aromatic rings. The summed E-state index contributed by atoms with van der Waals surface area (Å²) in [6.45, 7) is 0. The molecule has 0 fully saturated rings. The fourth-order valence-corrected chi connectivity index (χ4v) is 3.40. The summed E-state index contributed by atoms with van der Waals surface area (Å²) >= 11 is -0.225. The fourth-order valence-electron chi connectivity index (χ4n) is 2.86. The van der Waals surface area contributed by atoms with Gasteiger partial charge in [-0.1, -0.05) is 18.2 Å². The van der Waals surface area contributed by atoms with E-state index in [9.17, 15) is 18.0 Å². The van der Waals surface area contributed by atoms with Crippen LogP contribution in [0.1, 0.15) is 27.8 Å². The van der Waals surface area contributed by atoms with Gasteiger partial charge in [0.15, 0.2) is 0 Å². The third kappa shape index (κ3) is 5.11. The quantitative estimate of drug-likeness (QED) is 0.593. The molecule has 152 valence electrons. The Balaban J connectivity index is 1.88.